The van der Waals surface area contributed by atoms with E-state index in [9.17, 15) is 13.9 Å². The van der Waals surface area contributed by atoms with Gasteiger partial charge in [-0.05, 0) is 18.6 Å². The predicted octanol–water partition coefficient (Wildman–Crippen LogP) is 1.19. The molecule has 0 aliphatic rings. The first-order valence-electron chi connectivity index (χ1n) is 6.07. The molecule has 2 aromatic rings. The second-order valence-electron chi connectivity index (χ2n) is 4.89. The molecular formula is C13H15F2N3O2. The summed E-state index contributed by atoms with van der Waals surface area (Å²) in [5, 5.41) is 13.5. The van der Waals surface area contributed by atoms with E-state index in [0.717, 1.165) is 6.07 Å². The smallest absolute Gasteiger partial charge is 0.229 e. The molecule has 1 aromatic heterocycles. The van der Waals surface area contributed by atoms with Crippen molar-refractivity contribution < 1.29 is 18.4 Å². The standard InChI is InChI=1S/C13H15F2N3O2/c1-13(19,7-16)6-12-17-11(18-20-12)4-8-2-3-9(14)5-10(8)15/h2-3,5,19H,4,6-7,16H2,1H3. The van der Waals surface area contributed by atoms with Gasteiger partial charge >= 0.3 is 0 Å². The van der Waals surface area contributed by atoms with Gasteiger partial charge in [0, 0.05) is 19.0 Å². The summed E-state index contributed by atoms with van der Waals surface area (Å²) >= 11 is 0. The minimum Gasteiger partial charge on any atom is -0.388 e. The van der Waals surface area contributed by atoms with E-state index >= 15 is 0 Å². The third-order valence-corrected chi connectivity index (χ3v) is 2.85. The van der Waals surface area contributed by atoms with E-state index in [2.05, 4.69) is 10.1 Å². The molecule has 108 valence electrons. The minimum absolute atomic E-state index is 0.0529. The molecule has 0 bridgehead atoms. The fraction of sp³-hybridized carbons (Fsp3) is 0.385. The molecule has 1 atom stereocenters. The van der Waals surface area contributed by atoms with Crippen molar-refractivity contribution in [1.82, 2.24) is 10.1 Å². The number of aliphatic hydroxyl groups is 1. The highest BCUT2D eigenvalue weighted by Gasteiger charge is 2.22. The lowest BCUT2D eigenvalue weighted by atomic mass is 10.0. The number of aromatic nitrogens is 2. The molecule has 7 heteroatoms. The Morgan fingerprint density at radius 2 is 2.15 bits per heavy atom. The van der Waals surface area contributed by atoms with Crippen molar-refractivity contribution in [2.75, 3.05) is 6.54 Å². The summed E-state index contributed by atoms with van der Waals surface area (Å²) in [6.07, 6.45) is 0.197. The highest BCUT2D eigenvalue weighted by atomic mass is 19.1. The first-order valence-corrected chi connectivity index (χ1v) is 6.07. The normalized spacial score (nSPS) is 14.2. The molecule has 0 radical (unpaired) electrons. The van der Waals surface area contributed by atoms with Crippen molar-refractivity contribution in [1.29, 1.82) is 0 Å². The van der Waals surface area contributed by atoms with Crippen LogP contribution in [-0.4, -0.2) is 27.4 Å². The van der Waals surface area contributed by atoms with Gasteiger partial charge < -0.3 is 15.4 Å². The average Bonchev–Trinajstić information content (AvgIpc) is 2.79. The summed E-state index contributed by atoms with van der Waals surface area (Å²) in [6.45, 7) is 1.60. The molecule has 0 saturated heterocycles. The Morgan fingerprint density at radius 1 is 1.40 bits per heavy atom. The Morgan fingerprint density at radius 3 is 2.80 bits per heavy atom. The number of rotatable bonds is 5. The fourth-order valence-electron chi connectivity index (χ4n) is 1.67. The maximum atomic E-state index is 13.5. The quantitative estimate of drug-likeness (QED) is 0.861. The number of halogens is 2. The topological polar surface area (TPSA) is 85.2 Å². The van der Waals surface area contributed by atoms with E-state index in [1.165, 1.54) is 12.1 Å². The van der Waals surface area contributed by atoms with Gasteiger partial charge in [0.25, 0.3) is 0 Å². The van der Waals surface area contributed by atoms with Crippen LogP contribution in [0, 0.1) is 11.6 Å². The summed E-state index contributed by atoms with van der Waals surface area (Å²) in [7, 11) is 0. The van der Waals surface area contributed by atoms with Crippen LogP contribution in [0.2, 0.25) is 0 Å². The van der Waals surface area contributed by atoms with E-state index < -0.39 is 17.2 Å². The first kappa shape index (κ1) is 14.5. The van der Waals surface area contributed by atoms with Gasteiger partial charge in [0.15, 0.2) is 5.82 Å². The van der Waals surface area contributed by atoms with Crippen molar-refractivity contribution in [3.05, 3.63) is 47.1 Å². The number of nitrogens with zero attached hydrogens (tertiary/aromatic N) is 2. The second kappa shape index (κ2) is 5.64. The van der Waals surface area contributed by atoms with E-state index in [-0.39, 0.29) is 36.7 Å². The van der Waals surface area contributed by atoms with Crippen LogP contribution >= 0.6 is 0 Å². The predicted molar refractivity (Wildman–Crippen MR) is 66.8 cm³/mol. The van der Waals surface area contributed by atoms with Crippen LogP contribution in [0.25, 0.3) is 0 Å². The molecule has 20 heavy (non-hydrogen) atoms. The summed E-state index contributed by atoms with van der Waals surface area (Å²) in [5.41, 5.74) is 4.53. The maximum absolute atomic E-state index is 13.5. The van der Waals surface area contributed by atoms with Crippen molar-refractivity contribution in [3.63, 3.8) is 0 Å². The van der Waals surface area contributed by atoms with Gasteiger partial charge in [-0.3, -0.25) is 0 Å². The number of hydrogen-bond donors (Lipinski definition) is 2. The maximum Gasteiger partial charge on any atom is 0.229 e. The number of hydrogen-bond acceptors (Lipinski definition) is 5. The highest BCUT2D eigenvalue weighted by Crippen LogP contribution is 2.15. The van der Waals surface area contributed by atoms with Crippen LogP contribution < -0.4 is 5.73 Å². The summed E-state index contributed by atoms with van der Waals surface area (Å²) in [5.74, 6) is -0.819. The molecule has 2 rings (SSSR count). The highest BCUT2D eigenvalue weighted by molar-refractivity contribution is 5.21. The van der Waals surface area contributed by atoms with Gasteiger partial charge in [-0.2, -0.15) is 4.98 Å². The average molecular weight is 283 g/mol. The molecule has 0 spiro atoms. The zero-order chi connectivity index (χ0) is 14.8. The van der Waals surface area contributed by atoms with E-state index in [4.69, 9.17) is 10.3 Å². The monoisotopic (exact) mass is 283 g/mol. The zero-order valence-corrected chi connectivity index (χ0v) is 10.9. The molecule has 0 fully saturated rings. The summed E-state index contributed by atoms with van der Waals surface area (Å²) in [6, 6.07) is 3.30. The largest absolute Gasteiger partial charge is 0.388 e. The van der Waals surface area contributed by atoms with Crippen LogP contribution in [0.5, 0.6) is 0 Å². The third-order valence-electron chi connectivity index (χ3n) is 2.85. The van der Waals surface area contributed by atoms with Crippen molar-refractivity contribution in [2.45, 2.75) is 25.4 Å². The van der Waals surface area contributed by atoms with E-state index in [0.29, 0.717) is 0 Å². The van der Waals surface area contributed by atoms with Crippen LogP contribution in [-0.2, 0) is 12.8 Å². The van der Waals surface area contributed by atoms with E-state index in [1.807, 2.05) is 0 Å². The van der Waals surface area contributed by atoms with Gasteiger partial charge in [0.05, 0.1) is 12.0 Å². The minimum atomic E-state index is -1.13. The van der Waals surface area contributed by atoms with Crippen LogP contribution in [0.3, 0.4) is 0 Å². The fourth-order valence-corrected chi connectivity index (χ4v) is 1.67. The van der Waals surface area contributed by atoms with Gasteiger partial charge in [0.2, 0.25) is 5.89 Å². The van der Waals surface area contributed by atoms with E-state index in [1.54, 1.807) is 6.92 Å². The molecule has 0 aliphatic carbocycles. The Hall–Kier alpha value is -1.86. The molecule has 0 saturated carbocycles. The Balaban J connectivity index is 2.10. The molecule has 1 unspecified atom stereocenters. The Kier molecular flexibility index (Phi) is 4.10. The van der Waals surface area contributed by atoms with Crippen LogP contribution in [0.1, 0.15) is 24.2 Å². The lowest BCUT2D eigenvalue weighted by Crippen LogP contribution is -2.36. The first-order chi connectivity index (χ1) is 9.39. The number of nitrogens with two attached hydrogens (primary N) is 1. The lowest BCUT2D eigenvalue weighted by Gasteiger charge is -2.17. The molecule has 1 heterocycles. The van der Waals surface area contributed by atoms with Crippen LogP contribution in [0.4, 0.5) is 8.78 Å². The molecule has 0 aliphatic heterocycles. The molecule has 3 N–H and O–H groups in total. The summed E-state index contributed by atoms with van der Waals surface area (Å²) < 4.78 is 31.2. The molecule has 1 aromatic carbocycles. The molecule has 5 nitrogen and oxygen atoms in total. The Labute approximate surface area is 114 Å². The van der Waals surface area contributed by atoms with Crippen LogP contribution in [0.15, 0.2) is 22.7 Å². The SMILES string of the molecule is CC(O)(CN)Cc1nc(Cc2ccc(F)cc2F)no1. The zero-order valence-electron chi connectivity index (χ0n) is 10.9. The van der Waals surface area contributed by atoms with Crippen molar-refractivity contribution >= 4 is 0 Å². The molecule has 0 amide bonds. The molecular weight excluding hydrogens is 268 g/mol. The third kappa shape index (κ3) is 3.58. The second-order valence-corrected chi connectivity index (χ2v) is 4.89. The lowest BCUT2D eigenvalue weighted by molar-refractivity contribution is 0.0610. The van der Waals surface area contributed by atoms with Gasteiger partial charge in [-0.25, -0.2) is 8.78 Å². The van der Waals surface area contributed by atoms with Gasteiger partial charge in [-0.1, -0.05) is 11.2 Å². The Bertz CT molecular complexity index is 599. The van der Waals surface area contributed by atoms with Gasteiger partial charge in [-0.15, -0.1) is 0 Å². The van der Waals surface area contributed by atoms with Gasteiger partial charge in [0.1, 0.15) is 11.6 Å². The van der Waals surface area contributed by atoms with Crippen molar-refractivity contribution in [2.24, 2.45) is 5.73 Å². The summed E-state index contributed by atoms with van der Waals surface area (Å²) in [4.78, 5) is 4.05. The van der Waals surface area contributed by atoms with Crippen molar-refractivity contribution in [3.8, 4) is 0 Å². The number of benzene rings is 1.